The molecule has 4 rings (SSSR count). The van der Waals surface area contributed by atoms with E-state index in [-0.39, 0.29) is 12.2 Å². The molecular formula is C20H21F3N6O. The van der Waals surface area contributed by atoms with E-state index in [1.54, 1.807) is 4.52 Å². The van der Waals surface area contributed by atoms with Crippen LogP contribution in [0.5, 0.6) is 0 Å². The number of nitrogens with zero attached hydrogens (tertiary/aromatic N) is 5. The van der Waals surface area contributed by atoms with Gasteiger partial charge in [0.15, 0.2) is 5.65 Å². The van der Waals surface area contributed by atoms with Gasteiger partial charge in [-0.1, -0.05) is 12.1 Å². The highest BCUT2D eigenvalue weighted by Gasteiger charge is 2.33. The summed E-state index contributed by atoms with van der Waals surface area (Å²) in [6, 6.07) is 8.99. The number of piperazine rings is 1. The first-order valence-electron chi connectivity index (χ1n) is 9.55. The summed E-state index contributed by atoms with van der Waals surface area (Å²) >= 11 is 0. The van der Waals surface area contributed by atoms with Gasteiger partial charge in [-0.15, -0.1) is 0 Å². The number of anilines is 2. The minimum Gasteiger partial charge on any atom is -0.354 e. The van der Waals surface area contributed by atoms with Gasteiger partial charge in [0, 0.05) is 26.2 Å². The molecule has 1 fully saturated rings. The lowest BCUT2D eigenvalue weighted by Gasteiger charge is -2.35. The maximum Gasteiger partial charge on any atom is 0.418 e. The summed E-state index contributed by atoms with van der Waals surface area (Å²) in [5.41, 5.74) is 0.784. The van der Waals surface area contributed by atoms with Gasteiger partial charge in [0.2, 0.25) is 5.91 Å². The summed E-state index contributed by atoms with van der Waals surface area (Å²) in [5, 5.41) is 6.67. The lowest BCUT2D eigenvalue weighted by molar-refractivity contribution is -0.137. The van der Waals surface area contributed by atoms with Gasteiger partial charge in [0.25, 0.3) is 0 Å². The molecule has 1 N–H and O–H groups in total. The Labute approximate surface area is 171 Å². The van der Waals surface area contributed by atoms with E-state index in [0.717, 1.165) is 23.1 Å². The zero-order valence-electron chi connectivity index (χ0n) is 16.4. The average Bonchev–Trinajstić information content (AvgIpc) is 3.16. The molecule has 1 aromatic carbocycles. The lowest BCUT2D eigenvalue weighted by atomic mass is 10.1. The van der Waals surface area contributed by atoms with E-state index in [1.807, 2.05) is 24.0 Å². The van der Waals surface area contributed by atoms with Gasteiger partial charge in [0.1, 0.15) is 12.1 Å². The van der Waals surface area contributed by atoms with Gasteiger partial charge in [-0.2, -0.15) is 22.8 Å². The molecule has 0 spiro atoms. The van der Waals surface area contributed by atoms with Crippen LogP contribution in [0.1, 0.15) is 11.1 Å². The number of hydrogen-bond acceptors (Lipinski definition) is 5. The van der Waals surface area contributed by atoms with Gasteiger partial charge in [-0.25, -0.2) is 4.98 Å². The van der Waals surface area contributed by atoms with Gasteiger partial charge in [0.05, 0.1) is 17.8 Å². The summed E-state index contributed by atoms with van der Waals surface area (Å²) < 4.78 is 41.1. The van der Waals surface area contributed by atoms with Crippen molar-refractivity contribution in [3.8, 4) is 0 Å². The van der Waals surface area contributed by atoms with Gasteiger partial charge >= 0.3 is 6.18 Å². The molecule has 0 bridgehead atoms. The highest BCUT2D eigenvalue weighted by molar-refractivity contribution is 5.93. The fraction of sp³-hybridized carbons (Fsp3) is 0.350. The summed E-state index contributed by atoms with van der Waals surface area (Å²) in [7, 11) is 0. The van der Waals surface area contributed by atoms with Crippen LogP contribution in [0.4, 0.5) is 24.7 Å². The van der Waals surface area contributed by atoms with Gasteiger partial charge in [-0.05, 0) is 36.8 Å². The number of carbonyl (C=O) groups excluding carboxylic acids is 1. The Bertz CT molecular complexity index is 1060. The van der Waals surface area contributed by atoms with E-state index >= 15 is 0 Å². The molecule has 1 amide bonds. The molecule has 0 atom stereocenters. The second kappa shape index (κ2) is 7.94. The molecule has 158 valence electrons. The summed E-state index contributed by atoms with van der Waals surface area (Å²) in [4.78, 5) is 20.7. The predicted octanol–water partition coefficient (Wildman–Crippen LogP) is 2.82. The van der Waals surface area contributed by atoms with Crippen molar-refractivity contribution in [2.45, 2.75) is 13.1 Å². The highest BCUT2D eigenvalue weighted by Crippen LogP contribution is 2.34. The molecule has 30 heavy (non-hydrogen) atoms. The minimum atomic E-state index is -4.52. The number of alkyl halides is 3. The maximum absolute atomic E-state index is 13.1. The number of hydrogen-bond donors (Lipinski definition) is 1. The van der Waals surface area contributed by atoms with Crippen molar-refractivity contribution in [2.75, 3.05) is 42.9 Å². The second-order valence-corrected chi connectivity index (χ2v) is 7.28. The molecule has 0 radical (unpaired) electrons. The molecule has 0 aliphatic carbocycles. The van der Waals surface area contributed by atoms with Crippen molar-refractivity contribution in [1.82, 2.24) is 19.5 Å². The van der Waals surface area contributed by atoms with E-state index in [1.165, 1.54) is 24.5 Å². The third kappa shape index (κ3) is 4.23. The summed E-state index contributed by atoms with van der Waals surface area (Å²) in [6.45, 7) is 4.59. The van der Waals surface area contributed by atoms with E-state index in [4.69, 9.17) is 0 Å². The number of nitrogens with one attached hydrogen (secondary N) is 1. The Hall–Kier alpha value is -3.14. The Morgan fingerprint density at radius 2 is 1.87 bits per heavy atom. The number of carbonyl (C=O) groups is 1. The van der Waals surface area contributed by atoms with Gasteiger partial charge in [-0.3, -0.25) is 9.69 Å². The van der Waals surface area contributed by atoms with Crippen molar-refractivity contribution in [1.29, 1.82) is 0 Å². The third-order valence-corrected chi connectivity index (χ3v) is 5.07. The quantitative estimate of drug-likeness (QED) is 0.706. The number of amides is 1. The number of aryl methyl sites for hydroxylation is 1. The molecule has 0 saturated carbocycles. The van der Waals surface area contributed by atoms with E-state index in [0.29, 0.717) is 26.2 Å². The maximum atomic E-state index is 13.1. The van der Waals surface area contributed by atoms with Gasteiger partial charge < -0.3 is 10.2 Å². The molecule has 0 unspecified atom stereocenters. The Kier molecular flexibility index (Phi) is 5.33. The monoisotopic (exact) mass is 418 g/mol. The number of fused-ring (bicyclic) bond motifs is 1. The normalized spacial score (nSPS) is 15.5. The number of rotatable bonds is 4. The molecule has 1 aliphatic heterocycles. The minimum absolute atomic E-state index is 0.0343. The standard InChI is InChI=1S/C20H21F3N6O/c1-14-10-17-24-13-25-29(17)19(11-14)28-8-6-27(7-9-28)12-18(30)26-16-5-3-2-4-15(16)20(21,22)23/h2-5,10-11,13H,6-9,12H2,1H3,(H,26,30). The first-order valence-corrected chi connectivity index (χ1v) is 9.55. The van der Waals surface area contributed by atoms with Crippen LogP contribution in [0.15, 0.2) is 42.7 Å². The fourth-order valence-corrected chi connectivity index (χ4v) is 3.63. The highest BCUT2D eigenvalue weighted by atomic mass is 19.4. The summed E-state index contributed by atoms with van der Waals surface area (Å²) in [6.07, 6.45) is -3.01. The molecule has 3 heterocycles. The van der Waals surface area contributed by atoms with Crippen LogP contribution in [-0.4, -0.2) is 58.1 Å². The smallest absolute Gasteiger partial charge is 0.354 e. The number of benzene rings is 1. The Balaban J connectivity index is 1.37. The number of pyridine rings is 1. The van der Waals surface area contributed by atoms with Crippen LogP contribution in [0.2, 0.25) is 0 Å². The Morgan fingerprint density at radius 3 is 2.60 bits per heavy atom. The van der Waals surface area contributed by atoms with Crippen LogP contribution in [0.25, 0.3) is 5.65 Å². The molecule has 2 aromatic heterocycles. The van der Waals surface area contributed by atoms with Crippen LogP contribution in [0, 0.1) is 6.92 Å². The SMILES string of the molecule is Cc1cc(N2CCN(CC(=O)Nc3ccccc3C(F)(F)F)CC2)n2ncnc2c1. The first-order chi connectivity index (χ1) is 14.3. The lowest BCUT2D eigenvalue weighted by Crippen LogP contribution is -2.49. The molecule has 3 aromatic rings. The van der Waals surface area contributed by atoms with Crippen molar-refractivity contribution in [2.24, 2.45) is 0 Å². The van der Waals surface area contributed by atoms with Crippen LogP contribution in [0.3, 0.4) is 0 Å². The van der Waals surface area contributed by atoms with Crippen LogP contribution in [-0.2, 0) is 11.0 Å². The van der Waals surface area contributed by atoms with Crippen molar-refractivity contribution >= 4 is 23.1 Å². The number of para-hydroxylation sites is 1. The predicted molar refractivity (Wildman–Crippen MR) is 106 cm³/mol. The molecule has 1 aliphatic rings. The molecule has 10 heteroatoms. The number of aromatic nitrogens is 3. The topological polar surface area (TPSA) is 65.8 Å². The molecule has 1 saturated heterocycles. The molecular weight excluding hydrogens is 397 g/mol. The first kappa shape index (κ1) is 20.1. The summed E-state index contributed by atoms with van der Waals surface area (Å²) in [5.74, 6) is 0.472. The van der Waals surface area contributed by atoms with E-state index < -0.39 is 17.6 Å². The fourth-order valence-electron chi connectivity index (χ4n) is 3.63. The van der Waals surface area contributed by atoms with Crippen molar-refractivity contribution in [3.63, 3.8) is 0 Å². The zero-order valence-corrected chi connectivity index (χ0v) is 16.4. The van der Waals surface area contributed by atoms with Crippen LogP contribution >= 0.6 is 0 Å². The van der Waals surface area contributed by atoms with Crippen molar-refractivity contribution in [3.05, 3.63) is 53.9 Å². The molecule has 7 nitrogen and oxygen atoms in total. The van der Waals surface area contributed by atoms with Crippen molar-refractivity contribution < 1.29 is 18.0 Å². The van der Waals surface area contributed by atoms with E-state index in [2.05, 4.69) is 20.3 Å². The number of halogens is 3. The van der Waals surface area contributed by atoms with Crippen LogP contribution < -0.4 is 10.2 Å². The zero-order chi connectivity index (χ0) is 21.3. The third-order valence-electron chi connectivity index (χ3n) is 5.07. The Morgan fingerprint density at radius 1 is 1.13 bits per heavy atom. The second-order valence-electron chi connectivity index (χ2n) is 7.28. The van der Waals surface area contributed by atoms with E-state index in [9.17, 15) is 18.0 Å². The average molecular weight is 418 g/mol. The largest absolute Gasteiger partial charge is 0.418 e.